The molecule has 0 aliphatic heterocycles. The second-order valence-electron chi connectivity index (χ2n) is 3.52. The van der Waals surface area contributed by atoms with E-state index in [1.807, 2.05) is 0 Å². The van der Waals surface area contributed by atoms with Gasteiger partial charge in [0.2, 0.25) is 0 Å². The summed E-state index contributed by atoms with van der Waals surface area (Å²) in [6, 6.07) is 0. The lowest BCUT2D eigenvalue weighted by atomic mass is 10.1. The van der Waals surface area contributed by atoms with Gasteiger partial charge >= 0.3 is 0 Å². The smallest absolute Gasteiger partial charge is 0.0357 e. The van der Waals surface area contributed by atoms with Gasteiger partial charge in [0.05, 0.1) is 0 Å². The molecule has 0 aromatic rings. The molecule has 0 heterocycles. The summed E-state index contributed by atoms with van der Waals surface area (Å²) in [6.07, 6.45) is 4.30. The summed E-state index contributed by atoms with van der Waals surface area (Å²) in [6.45, 7) is 7.04. The molecule has 1 aliphatic rings. The first-order chi connectivity index (χ1) is 4.27. The van der Waals surface area contributed by atoms with Crippen molar-refractivity contribution >= 4 is 0 Å². The molecule has 0 N–H and O–H groups in total. The van der Waals surface area contributed by atoms with Crippen molar-refractivity contribution in [1.29, 1.82) is 0 Å². The highest BCUT2D eigenvalue weighted by Gasteiger charge is 2.41. The van der Waals surface area contributed by atoms with Crippen molar-refractivity contribution in [2.75, 3.05) is 0 Å². The van der Waals surface area contributed by atoms with Gasteiger partial charge in [-0.15, -0.1) is 0 Å². The fraction of sp³-hybridized carbons (Fsp3) is 1.00. The highest BCUT2D eigenvalue weighted by Crippen LogP contribution is 2.48. The van der Waals surface area contributed by atoms with Crippen LogP contribution in [0.1, 0.15) is 40.0 Å². The minimum absolute atomic E-state index is 1.04. The Labute approximate surface area is 58.7 Å². The first kappa shape index (κ1) is 7.11. The molecule has 2 atom stereocenters. The van der Waals surface area contributed by atoms with E-state index in [0.29, 0.717) is 0 Å². The molecule has 1 saturated carbocycles. The summed E-state index contributed by atoms with van der Waals surface area (Å²) in [5, 5.41) is 0. The van der Waals surface area contributed by atoms with Gasteiger partial charge in [0.25, 0.3) is 0 Å². The normalized spacial score (nSPS) is 41.0. The fourth-order valence-corrected chi connectivity index (χ4v) is 1.73. The maximum atomic E-state index is 2.38. The van der Waals surface area contributed by atoms with Gasteiger partial charge in [-0.2, -0.15) is 0 Å². The lowest BCUT2D eigenvalue weighted by Crippen LogP contribution is -1.78. The van der Waals surface area contributed by atoms with E-state index in [4.69, 9.17) is 0 Å². The number of hydrogen-bond donors (Lipinski definition) is 0. The van der Waals surface area contributed by atoms with E-state index >= 15 is 0 Å². The van der Waals surface area contributed by atoms with Gasteiger partial charge in [0, 0.05) is 0 Å². The zero-order valence-corrected chi connectivity index (χ0v) is 6.85. The van der Waals surface area contributed by atoms with E-state index in [1.54, 1.807) is 0 Å². The number of rotatable bonds is 3. The molecule has 0 amide bonds. The van der Waals surface area contributed by atoms with Gasteiger partial charge in [-0.25, -0.2) is 0 Å². The first-order valence-electron chi connectivity index (χ1n) is 4.27. The van der Waals surface area contributed by atoms with Crippen LogP contribution in [0.2, 0.25) is 0 Å². The van der Waals surface area contributed by atoms with E-state index < -0.39 is 0 Å². The molecule has 1 fully saturated rings. The molecule has 0 aromatic carbocycles. The molecular formula is C9H18. The average Bonchev–Trinajstić information content (AvgIpc) is 2.39. The maximum absolute atomic E-state index is 2.38. The Hall–Kier alpha value is 0. The van der Waals surface area contributed by atoms with Gasteiger partial charge in [-0.3, -0.25) is 0 Å². The Kier molecular flexibility index (Phi) is 2.15. The molecule has 0 bridgehead atoms. The van der Waals surface area contributed by atoms with Crippen LogP contribution in [0.5, 0.6) is 0 Å². The predicted molar refractivity (Wildman–Crippen MR) is 41.3 cm³/mol. The zero-order valence-electron chi connectivity index (χ0n) is 6.85. The molecule has 0 radical (unpaired) electrons. The lowest BCUT2D eigenvalue weighted by molar-refractivity contribution is 0.606. The van der Waals surface area contributed by atoms with Crippen LogP contribution >= 0.6 is 0 Å². The van der Waals surface area contributed by atoms with Crippen molar-refractivity contribution in [3.63, 3.8) is 0 Å². The van der Waals surface area contributed by atoms with Crippen molar-refractivity contribution in [2.45, 2.75) is 40.0 Å². The molecule has 1 aliphatic carbocycles. The standard InChI is InChI=1S/C9H18/c1-4-5-6-9-7(2)8(9)3/h7-9H,4-6H2,1-3H3. The Balaban J connectivity index is 2.04. The second-order valence-corrected chi connectivity index (χ2v) is 3.52. The van der Waals surface area contributed by atoms with Crippen LogP contribution in [0, 0.1) is 17.8 Å². The summed E-state index contributed by atoms with van der Waals surface area (Å²) < 4.78 is 0. The van der Waals surface area contributed by atoms with E-state index in [-0.39, 0.29) is 0 Å². The van der Waals surface area contributed by atoms with E-state index in [1.165, 1.54) is 19.3 Å². The van der Waals surface area contributed by atoms with Crippen molar-refractivity contribution in [3.05, 3.63) is 0 Å². The monoisotopic (exact) mass is 126 g/mol. The fourth-order valence-electron chi connectivity index (χ4n) is 1.73. The van der Waals surface area contributed by atoms with Crippen LogP contribution in [0.4, 0.5) is 0 Å². The van der Waals surface area contributed by atoms with E-state index in [9.17, 15) is 0 Å². The minimum atomic E-state index is 1.04. The predicted octanol–water partition coefficient (Wildman–Crippen LogP) is 3.08. The van der Waals surface area contributed by atoms with Crippen LogP contribution in [-0.2, 0) is 0 Å². The van der Waals surface area contributed by atoms with Crippen LogP contribution in [0.15, 0.2) is 0 Å². The molecule has 54 valence electrons. The molecule has 0 heteroatoms. The zero-order chi connectivity index (χ0) is 6.85. The topological polar surface area (TPSA) is 0 Å². The van der Waals surface area contributed by atoms with E-state index in [2.05, 4.69) is 20.8 Å². The minimum Gasteiger partial charge on any atom is -0.0654 e. The molecule has 9 heavy (non-hydrogen) atoms. The molecule has 0 saturated heterocycles. The van der Waals surface area contributed by atoms with Gasteiger partial charge in [0.1, 0.15) is 0 Å². The van der Waals surface area contributed by atoms with Crippen molar-refractivity contribution in [2.24, 2.45) is 17.8 Å². The average molecular weight is 126 g/mol. The summed E-state index contributed by atoms with van der Waals surface area (Å²) >= 11 is 0. The van der Waals surface area contributed by atoms with Crippen molar-refractivity contribution < 1.29 is 0 Å². The Morgan fingerprint density at radius 1 is 1.11 bits per heavy atom. The third-order valence-electron chi connectivity index (χ3n) is 2.93. The highest BCUT2D eigenvalue weighted by molar-refractivity contribution is 4.90. The molecule has 0 spiro atoms. The summed E-state index contributed by atoms with van der Waals surface area (Å²) in [4.78, 5) is 0. The summed E-state index contributed by atoms with van der Waals surface area (Å²) in [5.41, 5.74) is 0. The van der Waals surface area contributed by atoms with Gasteiger partial charge in [-0.05, 0) is 24.2 Å². The third-order valence-corrected chi connectivity index (χ3v) is 2.93. The lowest BCUT2D eigenvalue weighted by Gasteiger charge is -1.92. The second kappa shape index (κ2) is 2.72. The maximum Gasteiger partial charge on any atom is -0.0357 e. The van der Waals surface area contributed by atoms with Gasteiger partial charge in [0.15, 0.2) is 0 Å². The summed E-state index contributed by atoms with van der Waals surface area (Å²) in [5.74, 6) is 3.16. The number of unbranched alkanes of at least 4 members (excludes halogenated alkanes) is 1. The highest BCUT2D eigenvalue weighted by atomic mass is 14.5. The molecular weight excluding hydrogens is 108 g/mol. The molecule has 0 nitrogen and oxygen atoms in total. The van der Waals surface area contributed by atoms with Crippen LogP contribution in [0.3, 0.4) is 0 Å². The SMILES string of the molecule is CCCCC1C(C)C1C. The van der Waals surface area contributed by atoms with Crippen LogP contribution < -0.4 is 0 Å². The van der Waals surface area contributed by atoms with Crippen molar-refractivity contribution in [3.8, 4) is 0 Å². The third kappa shape index (κ3) is 1.47. The van der Waals surface area contributed by atoms with Crippen LogP contribution in [0.25, 0.3) is 0 Å². The van der Waals surface area contributed by atoms with Gasteiger partial charge in [-0.1, -0.05) is 33.6 Å². The largest absolute Gasteiger partial charge is 0.0654 e. The van der Waals surface area contributed by atoms with E-state index in [0.717, 1.165) is 17.8 Å². The Bertz CT molecular complexity index is 78.0. The molecule has 2 unspecified atom stereocenters. The Morgan fingerprint density at radius 2 is 1.67 bits per heavy atom. The first-order valence-corrected chi connectivity index (χ1v) is 4.27. The quantitative estimate of drug-likeness (QED) is 0.545. The molecule has 0 aromatic heterocycles. The molecule has 1 rings (SSSR count). The van der Waals surface area contributed by atoms with Crippen LogP contribution in [-0.4, -0.2) is 0 Å². The van der Waals surface area contributed by atoms with Crippen molar-refractivity contribution in [1.82, 2.24) is 0 Å². The van der Waals surface area contributed by atoms with Gasteiger partial charge < -0.3 is 0 Å². The summed E-state index contributed by atoms with van der Waals surface area (Å²) in [7, 11) is 0. The number of hydrogen-bond acceptors (Lipinski definition) is 0. The Morgan fingerprint density at radius 3 is 2.00 bits per heavy atom.